The fraction of sp³-hybridized carbons (Fsp3) is 0.500. The third-order valence-corrected chi connectivity index (χ3v) is 12.2. The summed E-state index contributed by atoms with van der Waals surface area (Å²) in [6, 6.07) is 1.05. The van der Waals surface area contributed by atoms with Crippen LogP contribution in [0.4, 0.5) is 8.78 Å². The van der Waals surface area contributed by atoms with E-state index < -0.39 is 55.3 Å². The molecular weight excluding hydrogens is 626 g/mol. The number of benzene rings is 1. The van der Waals surface area contributed by atoms with Gasteiger partial charge in [-0.05, 0) is 51.5 Å². The molecule has 2 aliphatic heterocycles. The van der Waals surface area contributed by atoms with Gasteiger partial charge in [-0.2, -0.15) is 0 Å². The van der Waals surface area contributed by atoms with Crippen LogP contribution in [0.3, 0.4) is 0 Å². The summed E-state index contributed by atoms with van der Waals surface area (Å²) < 4.78 is 62.1. The molecule has 232 valence electrons. The number of piperidine rings is 1. The molecule has 0 spiro atoms. The zero-order valence-corrected chi connectivity index (χ0v) is 25.9. The number of carbonyl (C=O) groups is 2. The van der Waals surface area contributed by atoms with Gasteiger partial charge in [0.15, 0.2) is 22.5 Å². The summed E-state index contributed by atoms with van der Waals surface area (Å²) in [5.74, 6) is -4.09. The van der Waals surface area contributed by atoms with E-state index >= 15 is 0 Å². The standard InChI is InChI=1S/C28H31ClF2N4O6S2/c1-28(27(37)38)9-5-16(6-10-28)43(39,40)35-12-7-15(8-13-35)22-19(26(36)41-2)23(17-3-4-18(30)21(31)20(17)29)34-24(33-22)25-32-11-14-42-25/h3-4,11,14-16,23H,5-10,12-13H2,1-2H3,(H,33,34)(H,37,38)/t16-,23-,28+/m1/s1. The van der Waals surface area contributed by atoms with Crippen molar-refractivity contribution in [3.8, 4) is 0 Å². The highest BCUT2D eigenvalue weighted by molar-refractivity contribution is 7.89. The molecule has 43 heavy (non-hydrogen) atoms. The van der Waals surface area contributed by atoms with Crippen molar-refractivity contribution in [1.29, 1.82) is 0 Å². The van der Waals surface area contributed by atoms with Crippen LogP contribution in [0.5, 0.6) is 0 Å². The van der Waals surface area contributed by atoms with E-state index in [1.54, 1.807) is 18.5 Å². The second-order valence-electron chi connectivity index (χ2n) is 11.2. The topological polar surface area (TPSA) is 138 Å². The van der Waals surface area contributed by atoms with E-state index in [0.717, 1.165) is 6.07 Å². The van der Waals surface area contributed by atoms with Crippen LogP contribution in [-0.2, 0) is 24.3 Å². The molecular formula is C28H31ClF2N4O6S2. The SMILES string of the molecule is COC(=O)C1=C(C2CCN(S(=O)(=O)[C@H]3CC[C@@](C)(C(=O)O)CC3)CC2)NC(c2nccs2)=N[C@@H]1c1ccc(F)c(F)c1Cl. The maximum Gasteiger partial charge on any atom is 0.338 e. The predicted octanol–water partition coefficient (Wildman–Crippen LogP) is 4.67. The summed E-state index contributed by atoms with van der Waals surface area (Å²) in [5.41, 5.74) is -0.354. The van der Waals surface area contributed by atoms with E-state index in [1.807, 2.05) is 0 Å². The zero-order chi connectivity index (χ0) is 31.1. The third kappa shape index (κ3) is 5.94. The number of thiazole rings is 1. The van der Waals surface area contributed by atoms with Crippen LogP contribution in [0.2, 0.25) is 5.02 Å². The van der Waals surface area contributed by atoms with Crippen LogP contribution in [0.15, 0.2) is 40.0 Å². The van der Waals surface area contributed by atoms with Gasteiger partial charge in [0.2, 0.25) is 10.0 Å². The van der Waals surface area contributed by atoms with Gasteiger partial charge in [-0.15, -0.1) is 11.3 Å². The maximum absolute atomic E-state index is 14.6. The van der Waals surface area contributed by atoms with Crippen molar-refractivity contribution in [2.45, 2.75) is 56.7 Å². The molecule has 0 amide bonds. The lowest BCUT2D eigenvalue weighted by Crippen LogP contribution is -2.47. The van der Waals surface area contributed by atoms with Gasteiger partial charge in [0.25, 0.3) is 0 Å². The number of aromatic nitrogens is 1. The fourth-order valence-corrected chi connectivity index (χ4v) is 8.81. The number of sulfonamides is 1. The summed E-state index contributed by atoms with van der Waals surface area (Å²) >= 11 is 7.52. The number of carboxylic acids is 1. The third-order valence-electron chi connectivity index (χ3n) is 8.67. The number of amidine groups is 1. The molecule has 15 heteroatoms. The van der Waals surface area contributed by atoms with Gasteiger partial charge in [0.1, 0.15) is 6.04 Å². The number of esters is 1. The van der Waals surface area contributed by atoms with Gasteiger partial charge in [-0.25, -0.2) is 31.3 Å². The molecule has 1 saturated carbocycles. The number of nitrogens with zero attached hydrogens (tertiary/aromatic N) is 3. The highest BCUT2D eigenvalue weighted by atomic mass is 35.5. The Morgan fingerprint density at radius 3 is 2.44 bits per heavy atom. The lowest BCUT2D eigenvalue weighted by atomic mass is 9.76. The average Bonchev–Trinajstić information content (AvgIpc) is 3.55. The largest absolute Gasteiger partial charge is 0.481 e. The van der Waals surface area contributed by atoms with Crippen LogP contribution >= 0.6 is 22.9 Å². The van der Waals surface area contributed by atoms with Crippen molar-refractivity contribution >= 4 is 50.7 Å². The first-order valence-electron chi connectivity index (χ1n) is 13.8. The van der Waals surface area contributed by atoms with Crippen molar-refractivity contribution < 1.29 is 36.6 Å². The van der Waals surface area contributed by atoms with E-state index in [2.05, 4.69) is 15.3 Å². The van der Waals surface area contributed by atoms with E-state index in [4.69, 9.17) is 16.3 Å². The minimum Gasteiger partial charge on any atom is -0.481 e. The smallest absolute Gasteiger partial charge is 0.338 e. The number of halogens is 3. The summed E-state index contributed by atoms with van der Waals surface area (Å²) in [6.45, 7) is 2.01. The Hall–Kier alpha value is -2.94. The van der Waals surface area contributed by atoms with Crippen LogP contribution in [0, 0.1) is 23.0 Å². The number of nitrogens with one attached hydrogen (secondary N) is 1. The Morgan fingerprint density at radius 2 is 1.86 bits per heavy atom. The number of aliphatic imine (C=N–C) groups is 1. The molecule has 2 aromatic rings. The van der Waals surface area contributed by atoms with Crippen LogP contribution < -0.4 is 5.32 Å². The molecule has 2 N–H and O–H groups in total. The zero-order valence-electron chi connectivity index (χ0n) is 23.5. The molecule has 3 heterocycles. The van der Waals surface area contributed by atoms with Gasteiger partial charge in [-0.3, -0.25) is 9.79 Å². The minimum atomic E-state index is -3.68. The Kier molecular flexibility index (Phi) is 8.94. The van der Waals surface area contributed by atoms with E-state index in [1.165, 1.54) is 28.8 Å². The molecule has 1 atom stereocenters. The number of allylic oxidation sites excluding steroid dienone is 1. The monoisotopic (exact) mass is 656 g/mol. The van der Waals surface area contributed by atoms with Crippen LogP contribution in [0.1, 0.15) is 62.1 Å². The number of ether oxygens (including phenoxy) is 1. The fourth-order valence-electron chi connectivity index (χ4n) is 6.00. The first-order valence-corrected chi connectivity index (χ1v) is 16.6. The molecule has 10 nitrogen and oxygen atoms in total. The Morgan fingerprint density at radius 1 is 1.19 bits per heavy atom. The van der Waals surface area contributed by atoms with Crippen LogP contribution in [0.25, 0.3) is 0 Å². The van der Waals surface area contributed by atoms with Crippen molar-refractivity contribution in [2.75, 3.05) is 20.2 Å². The number of carbonyl (C=O) groups excluding carboxylic acids is 1. The molecule has 5 rings (SSSR count). The number of hydrogen-bond acceptors (Lipinski definition) is 9. The van der Waals surface area contributed by atoms with Gasteiger partial charge in [0, 0.05) is 41.8 Å². The highest BCUT2D eigenvalue weighted by Crippen LogP contribution is 2.42. The van der Waals surface area contributed by atoms with Gasteiger partial charge >= 0.3 is 11.9 Å². The lowest BCUT2D eigenvalue weighted by molar-refractivity contribution is -0.149. The van der Waals surface area contributed by atoms with Crippen molar-refractivity contribution in [3.05, 3.63) is 62.2 Å². The summed E-state index contributed by atoms with van der Waals surface area (Å²) in [4.78, 5) is 33.8. The number of carboxylic acid groups (broad SMARTS) is 1. The molecule has 3 aliphatic rings. The van der Waals surface area contributed by atoms with Crippen molar-refractivity contribution in [3.63, 3.8) is 0 Å². The average molecular weight is 657 g/mol. The quantitative estimate of drug-likeness (QED) is 0.324. The number of aliphatic carboxylic acids is 1. The maximum atomic E-state index is 14.6. The predicted molar refractivity (Wildman–Crippen MR) is 156 cm³/mol. The Bertz CT molecular complexity index is 1580. The van der Waals surface area contributed by atoms with Gasteiger partial charge in [-0.1, -0.05) is 17.7 Å². The molecule has 1 aliphatic carbocycles. The number of hydrogen-bond donors (Lipinski definition) is 2. The normalized spacial score (nSPS) is 25.7. The van der Waals surface area contributed by atoms with Crippen LogP contribution in [-0.4, -0.2) is 66.0 Å². The minimum absolute atomic E-state index is 0.0669. The van der Waals surface area contributed by atoms with Gasteiger partial charge < -0.3 is 15.2 Å². The first kappa shape index (κ1) is 31.5. The van der Waals surface area contributed by atoms with Gasteiger partial charge in [0.05, 0.1) is 28.4 Å². The molecule has 0 unspecified atom stereocenters. The van der Waals surface area contributed by atoms with E-state index in [9.17, 15) is 31.9 Å². The first-order chi connectivity index (χ1) is 20.4. The van der Waals surface area contributed by atoms with Crippen molar-refractivity contribution in [2.24, 2.45) is 16.3 Å². The lowest BCUT2D eigenvalue weighted by Gasteiger charge is -2.39. The summed E-state index contributed by atoms with van der Waals surface area (Å²) in [5, 5.41) is 13.8. The Labute approximate surface area is 256 Å². The molecule has 1 aromatic heterocycles. The van der Waals surface area contributed by atoms with Crippen molar-refractivity contribution in [1.82, 2.24) is 14.6 Å². The highest BCUT2D eigenvalue weighted by Gasteiger charge is 2.44. The summed E-state index contributed by atoms with van der Waals surface area (Å²) in [7, 11) is -2.48. The molecule has 0 radical (unpaired) electrons. The second-order valence-corrected chi connectivity index (χ2v) is 14.7. The number of rotatable bonds is 7. The Balaban J connectivity index is 1.44. The molecule has 1 aromatic carbocycles. The second kappa shape index (κ2) is 12.2. The number of methoxy groups -OCH3 is 1. The van der Waals surface area contributed by atoms with E-state index in [-0.39, 0.29) is 55.8 Å². The summed E-state index contributed by atoms with van der Waals surface area (Å²) in [6.07, 6.45) is 3.40. The molecule has 0 bridgehead atoms. The van der Waals surface area contributed by atoms with E-state index in [0.29, 0.717) is 29.4 Å². The molecule has 2 fully saturated rings. The molecule has 1 saturated heterocycles.